The number of carbonyl (C=O) groups is 3. The Bertz CT molecular complexity index is 4730. The zero-order valence-electron chi connectivity index (χ0n) is 53.6. The van der Waals surface area contributed by atoms with E-state index >= 15 is 0 Å². The maximum absolute atomic E-state index is 13.0. The quantitative estimate of drug-likeness (QED) is 0.0436. The molecule has 3 atom stereocenters. The van der Waals surface area contributed by atoms with E-state index in [1.807, 2.05) is 109 Å². The minimum absolute atomic E-state index is 0.0290. The summed E-state index contributed by atoms with van der Waals surface area (Å²) in [5.41, 5.74) is 7.47. The van der Waals surface area contributed by atoms with E-state index in [2.05, 4.69) is 60.8 Å². The summed E-state index contributed by atoms with van der Waals surface area (Å²) in [7, 11) is 0. The summed E-state index contributed by atoms with van der Waals surface area (Å²) in [6, 6.07) is 61.0. The van der Waals surface area contributed by atoms with Gasteiger partial charge in [-0.2, -0.15) is 41.6 Å². The molecule has 3 aliphatic rings. The highest BCUT2D eigenvalue weighted by atomic mass is 19.3. The zero-order valence-corrected chi connectivity index (χ0v) is 53.6. The van der Waals surface area contributed by atoms with Crippen molar-refractivity contribution in [3.63, 3.8) is 0 Å². The molecule has 0 saturated carbocycles. The second kappa shape index (κ2) is 30.1. The van der Waals surface area contributed by atoms with Gasteiger partial charge >= 0.3 is 19.8 Å². The van der Waals surface area contributed by atoms with Crippen LogP contribution in [0.1, 0.15) is 19.3 Å². The number of anilines is 6. The third-order valence-electron chi connectivity index (χ3n) is 17.3. The van der Waals surface area contributed by atoms with Crippen molar-refractivity contribution in [2.45, 2.75) is 57.2 Å². The molecule has 0 bridgehead atoms. The molecule has 0 spiro atoms. The number of nitrogens with zero attached hydrogens (tertiary/aromatic N) is 6. The number of hydrogen-bond donors (Lipinski definition) is 6. The molecule has 3 fully saturated rings. The van der Waals surface area contributed by atoms with Crippen molar-refractivity contribution < 1.29 is 54.9 Å². The molecule has 12 aromatic rings. The van der Waals surface area contributed by atoms with Gasteiger partial charge in [0.1, 0.15) is 35.4 Å². The summed E-state index contributed by atoms with van der Waals surface area (Å²) in [5.74, 6) is -0.245. The SMILES string of the molecule is O=C1C(Nc2cccc(OC(F)F)c2)CCN1c1ccc(-c2n[nH]c(=O)c3ccccc23)cc1.O=C1C(Nc2cccc(OC(F)F)c2)CCN1c1ccc(-c2n[nH]c(=O)c3ccccc23)cc1.O=C1C(Nc2cccc(OC(F)F)c2)CCN1c1ccc(-c2n[nH]c(=O)c3ccccc23)cc1. The fourth-order valence-corrected chi connectivity index (χ4v) is 12.5. The van der Waals surface area contributed by atoms with Crippen LogP contribution in [0.5, 0.6) is 17.2 Å². The minimum Gasteiger partial charge on any atom is -0.435 e. The van der Waals surface area contributed by atoms with Gasteiger partial charge in [0.05, 0.1) is 33.2 Å². The zero-order chi connectivity index (χ0) is 71.0. The fraction of sp³-hybridized carbons (Fsp3) is 0.160. The molecule has 3 saturated heterocycles. The molecule has 3 unspecified atom stereocenters. The average Bonchev–Trinajstić information content (AvgIpc) is 1.11. The average molecular weight is 1390 g/mol. The molecule has 9 aromatic carbocycles. The normalized spacial score (nSPS) is 15.8. The van der Waals surface area contributed by atoms with Crippen LogP contribution in [0.3, 0.4) is 0 Å². The predicted octanol–water partition coefficient (Wildman–Crippen LogP) is 13.2. The number of carbonyl (C=O) groups excluding carboxylic acids is 3. The van der Waals surface area contributed by atoms with Crippen LogP contribution >= 0.6 is 0 Å². The number of aromatic nitrogens is 6. The molecular formula is C75H60F6N12O9. The van der Waals surface area contributed by atoms with Gasteiger partial charge in [-0.15, -0.1) is 0 Å². The molecule has 102 heavy (non-hydrogen) atoms. The lowest BCUT2D eigenvalue weighted by atomic mass is 10.0. The lowest BCUT2D eigenvalue weighted by Crippen LogP contribution is -2.33. The molecule has 6 heterocycles. The van der Waals surface area contributed by atoms with Crippen LogP contribution in [-0.2, 0) is 14.4 Å². The molecule has 516 valence electrons. The minimum atomic E-state index is -2.91. The Balaban J connectivity index is 0.000000137. The highest BCUT2D eigenvalue weighted by Gasteiger charge is 2.35. The van der Waals surface area contributed by atoms with Crippen molar-refractivity contribution in [2.75, 3.05) is 50.3 Å². The number of amides is 3. The number of ether oxygens (including phenoxy) is 3. The number of benzene rings is 9. The van der Waals surface area contributed by atoms with Gasteiger partial charge in [-0.05, 0) is 110 Å². The smallest absolute Gasteiger partial charge is 0.387 e. The van der Waals surface area contributed by atoms with Gasteiger partial charge in [0, 0.05) is 105 Å². The second-order valence-electron chi connectivity index (χ2n) is 23.6. The summed E-state index contributed by atoms with van der Waals surface area (Å²) in [6.07, 6.45) is 1.69. The molecular weight excluding hydrogens is 1330 g/mol. The third-order valence-corrected chi connectivity index (χ3v) is 17.3. The molecule has 3 aliphatic heterocycles. The maximum Gasteiger partial charge on any atom is 0.387 e. The Morgan fingerprint density at radius 2 is 0.588 bits per heavy atom. The van der Waals surface area contributed by atoms with E-state index in [1.165, 1.54) is 36.4 Å². The van der Waals surface area contributed by atoms with Gasteiger partial charge in [0.2, 0.25) is 17.7 Å². The van der Waals surface area contributed by atoms with Crippen LogP contribution in [0.15, 0.2) is 233 Å². The van der Waals surface area contributed by atoms with Crippen molar-refractivity contribution in [2.24, 2.45) is 0 Å². The first-order valence-corrected chi connectivity index (χ1v) is 32.1. The largest absolute Gasteiger partial charge is 0.435 e. The number of H-pyrrole nitrogens is 3. The van der Waals surface area contributed by atoms with Crippen LogP contribution in [0, 0.1) is 0 Å². The summed E-state index contributed by atoms with van der Waals surface area (Å²) in [5, 5.41) is 33.5. The Morgan fingerprint density at radius 1 is 0.333 bits per heavy atom. The van der Waals surface area contributed by atoms with Crippen molar-refractivity contribution >= 4 is 84.2 Å². The lowest BCUT2D eigenvalue weighted by molar-refractivity contribution is -0.118. The number of aromatic amines is 3. The van der Waals surface area contributed by atoms with Crippen molar-refractivity contribution in [3.05, 3.63) is 249 Å². The predicted molar refractivity (Wildman–Crippen MR) is 376 cm³/mol. The lowest BCUT2D eigenvalue weighted by Gasteiger charge is -2.18. The number of fused-ring (bicyclic) bond motifs is 3. The molecule has 0 aliphatic carbocycles. The van der Waals surface area contributed by atoms with Crippen LogP contribution in [-0.4, -0.2) is 106 Å². The Kier molecular flexibility index (Phi) is 20.0. The molecule has 21 nitrogen and oxygen atoms in total. The molecule has 3 amide bonds. The van der Waals surface area contributed by atoms with E-state index in [4.69, 9.17) is 0 Å². The summed E-state index contributed by atoms with van der Waals surface area (Å²) in [6.45, 7) is -7.18. The van der Waals surface area contributed by atoms with Crippen molar-refractivity contribution in [3.8, 4) is 51.0 Å². The van der Waals surface area contributed by atoms with Gasteiger partial charge < -0.3 is 44.9 Å². The van der Waals surface area contributed by atoms with Gasteiger partial charge in [-0.3, -0.25) is 28.8 Å². The van der Waals surface area contributed by atoms with Crippen LogP contribution in [0.4, 0.5) is 60.5 Å². The van der Waals surface area contributed by atoms with E-state index in [0.717, 1.165) is 49.9 Å². The molecule has 3 aromatic heterocycles. The van der Waals surface area contributed by atoms with Gasteiger partial charge in [0.15, 0.2) is 0 Å². The molecule has 27 heteroatoms. The highest BCUT2D eigenvalue weighted by molar-refractivity contribution is 6.04. The van der Waals surface area contributed by atoms with Crippen LogP contribution < -0.4 is 61.5 Å². The molecule has 6 N–H and O–H groups in total. The monoisotopic (exact) mass is 1390 g/mol. The highest BCUT2D eigenvalue weighted by Crippen LogP contribution is 2.35. The summed E-state index contributed by atoms with van der Waals surface area (Å²) in [4.78, 5) is 80.2. The number of alkyl halides is 6. The second-order valence-corrected chi connectivity index (χ2v) is 23.6. The maximum atomic E-state index is 13.0. The molecule has 0 radical (unpaired) electrons. The molecule has 15 rings (SSSR count). The number of halogens is 6. The topological polar surface area (TPSA) is 262 Å². The third kappa shape index (κ3) is 15.2. The van der Waals surface area contributed by atoms with Gasteiger partial charge in [-0.25, -0.2) is 15.3 Å². The van der Waals surface area contributed by atoms with E-state index in [-0.39, 0.29) is 51.6 Å². The van der Waals surface area contributed by atoms with Crippen LogP contribution in [0.25, 0.3) is 66.1 Å². The Labute approximate surface area is 575 Å². The first-order chi connectivity index (χ1) is 49.5. The number of hydrogen-bond acceptors (Lipinski definition) is 15. The number of nitrogens with one attached hydrogen (secondary N) is 6. The van der Waals surface area contributed by atoms with Crippen molar-refractivity contribution in [1.82, 2.24) is 30.6 Å². The Hall–Kier alpha value is -12.8. The van der Waals surface area contributed by atoms with Crippen molar-refractivity contribution in [1.29, 1.82) is 0 Å². The van der Waals surface area contributed by atoms with Gasteiger partial charge in [-0.1, -0.05) is 109 Å². The van der Waals surface area contributed by atoms with E-state index in [9.17, 15) is 55.1 Å². The van der Waals surface area contributed by atoms with E-state index in [1.54, 1.807) is 87.5 Å². The summed E-state index contributed by atoms with van der Waals surface area (Å²) >= 11 is 0. The summed E-state index contributed by atoms with van der Waals surface area (Å²) < 4.78 is 88.1. The van der Waals surface area contributed by atoms with E-state index in [0.29, 0.717) is 89.2 Å². The first-order valence-electron chi connectivity index (χ1n) is 32.1. The van der Waals surface area contributed by atoms with Gasteiger partial charge in [0.25, 0.3) is 16.7 Å². The fourth-order valence-electron chi connectivity index (χ4n) is 12.5. The van der Waals surface area contributed by atoms with Crippen LogP contribution in [0.2, 0.25) is 0 Å². The standard InChI is InChI=1S/3C25H20F2N4O3/c3*26-25(27)34-18-5-3-4-16(14-18)28-21-12-13-31(24(21)33)17-10-8-15(9-11-17)22-19-6-1-2-7-20(19)23(32)30-29-22/h3*1-11,14,21,25,28H,12-13H2,(H,30,32). The first kappa shape index (κ1) is 67.7. The Morgan fingerprint density at radius 3 is 0.843 bits per heavy atom. The van der Waals surface area contributed by atoms with E-state index < -0.39 is 38.0 Å². The number of rotatable bonds is 18.